The smallest absolute Gasteiger partial charge is 0.254 e. The molecule has 0 atom stereocenters. The molecule has 0 saturated carbocycles. The molecule has 1 saturated heterocycles. The first-order valence-corrected chi connectivity index (χ1v) is 7.06. The molecule has 0 spiro atoms. The quantitative estimate of drug-likeness (QED) is 0.836. The number of thiophene rings is 1. The van der Waals surface area contributed by atoms with E-state index in [1.54, 1.807) is 11.3 Å². The van der Waals surface area contributed by atoms with Gasteiger partial charge < -0.3 is 10.6 Å². The highest BCUT2D eigenvalue weighted by molar-refractivity contribution is 7.80. The fraction of sp³-hybridized carbons (Fsp3) is 0.500. The summed E-state index contributed by atoms with van der Waals surface area (Å²) in [5, 5.41) is 3.94. The first-order chi connectivity index (χ1) is 8.09. The van der Waals surface area contributed by atoms with Gasteiger partial charge in [-0.1, -0.05) is 12.2 Å². The largest absolute Gasteiger partial charge is 0.393 e. The molecule has 92 valence electrons. The van der Waals surface area contributed by atoms with Gasteiger partial charge in [-0.05, 0) is 30.7 Å². The molecular formula is C12H16N2OS2. The molecule has 1 aliphatic rings. The maximum Gasteiger partial charge on any atom is 0.254 e. The van der Waals surface area contributed by atoms with Crippen LogP contribution in [0.4, 0.5) is 0 Å². The van der Waals surface area contributed by atoms with Crippen LogP contribution in [0, 0.1) is 12.8 Å². The van der Waals surface area contributed by atoms with Crippen molar-refractivity contribution in [2.24, 2.45) is 11.7 Å². The Morgan fingerprint density at radius 1 is 1.47 bits per heavy atom. The maximum atomic E-state index is 12.2. The number of carbonyl (C=O) groups is 1. The minimum atomic E-state index is 0.144. The molecule has 0 radical (unpaired) electrons. The first-order valence-electron chi connectivity index (χ1n) is 5.71. The number of carbonyl (C=O) groups excluding carboxylic acids is 1. The number of nitrogens with two attached hydrogens (primary N) is 1. The molecule has 17 heavy (non-hydrogen) atoms. The number of hydrogen-bond acceptors (Lipinski definition) is 3. The Balaban J connectivity index is 2.00. The number of piperidine rings is 1. The van der Waals surface area contributed by atoms with Crippen molar-refractivity contribution in [2.45, 2.75) is 19.8 Å². The zero-order valence-electron chi connectivity index (χ0n) is 9.81. The third-order valence-corrected chi connectivity index (χ3v) is 4.47. The number of rotatable bonds is 2. The zero-order valence-corrected chi connectivity index (χ0v) is 11.4. The predicted molar refractivity (Wildman–Crippen MR) is 74.5 cm³/mol. The Morgan fingerprint density at radius 2 is 2.12 bits per heavy atom. The average Bonchev–Trinajstić information content (AvgIpc) is 2.74. The second kappa shape index (κ2) is 5.14. The summed E-state index contributed by atoms with van der Waals surface area (Å²) in [5.74, 6) is 0.447. The van der Waals surface area contributed by atoms with E-state index in [9.17, 15) is 4.79 Å². The maximum absolute atomic E-state index is 12.2. The summed E-state index contributed by atoms with van der Waals surface area (Å²) in [5.41, 5.74) is 7.54. The van der Waals surface area contributed by atoms with Crippen molar-refractivity contribution in [1.82, 2.24) is 4.90 Å². The lowest BCUT2D eigenvalue weighted by molar-refractivity contribution is 0.0710. The number of likely N-dealkylation sites (tertiary alicyclic amines) is 1. The summed E-state index contributed by atoms with van der Waals surface area (Å²) in [7, 11) is 0. The molecule has 3 nitrogen and oxygen atoms in total. The second-order valence-electron chi connectivity index (χ2n) is 4.44. The molecule has 0 aliphatic carbocycles. The molecule has 0 aromatic carbocycles. The fourth-order valence-electron chi connectivity index (χ4n) is 2.12. The molecule has 2 N–H and O–H groups in total. The number of aryl methyl sites for hydroxylation is 1. The van der Waals surface area contributed by atoms with Crippen molar-refractivity contribution in [2.75, 3.05) is 13.1 Å². The highest BCUT2D eigenvalue weighted by Gasteiger charge is 2.25. The fourth-order valence-corrected chi connectivity index (χ4v) is 3.17. The van der Waals surface area contributed by atoms with E-state index in [1.807, 2.05) is 22.6 Å². The van der Waals surface area contributed by atoms with Crippen LogP contribution in [0.2, 0.25) is 0 Å². The van der Waals surface area contributed by atoms with Gasteiger partial charge in [-0.15, -0.1) is 0 Å². The van der Waals surface area contributed by atoms with E-state index in [0.29, 0.717) is 10.9 Å². The molecular weight excluding hydrogens is 252 g/mol. The monoisotopic (exact) mass is 268 g/mol. The Kier molecular flexibility index (Phi) is 3.79. The minimum absolute atomic E-state index is 0.144. The SMILES string of the molecule is Cc1cscc1C(=O)N1CCC(C(N)=S)CC1. The van der Waals surface area contributed by atoms with E-state index in [4.69, 9.17) is 18.0 Å². The van der Waals surface area contributed by atoms with E-state index in [0.717, 1.165) is 37.1 Å². The minimum Gasteiger partial charge on any atom is -0.393 e. The van der Waals surface area contributed by atoms with Crippen LogP contribution in [-0.2, 0) is 0 Å². The van der Waals surface area contributed by atoms with Crippen molar-refractivity contribution in [3.05, 3.63) is 21.9 Å². The lowest BCUT2D eigenvalue weighted by atomic mass is 9.96. The first kappa shape index (κ1) is 12.5. The van der Waals surface area contributed by atoms with Crippen molar-refractivity contribution in [1.29, 1.82) is 0 Å². The lowest BCUT2D eigenvalue weighted by Crippen LogP contribution is -2.41. The summed E-state index contributed by atoms with van der Waals surface area (Å²) in [6, 6.07) is 0. The third kappa shape index (κ3) is 2.66. The van der Waals surface area contributed by atoms with Crippen LogP contribution in [0.3, 0.4) is 0 Å². The van der Waals surface area contributed by atoms with E-state index >= 15 is 0 Å². The predicted octanol–water partition coefficient (Wildman–Crippen LogP) is 2.19. The summed E-state index contributed by atoms with van der Waals surface area (Å²) < 4.78 is 0. The zero-order chi connectivity index (χ0) is 12.4. The van der Waals surface area contributed by atoms with Crippen LogP contribution in [0.25, 0.3) is 0 Å². The molecule has 1 aromatic heterocycles. The Morgan fingerprint density at radius 3 is 2.59 bits per heavy atom. The Labute approximate surface area is 111 Å². The van der Waals surface area contributed by atoms with E-state index < -0.39 is 0 Å². The highest BCUT2D eigenvalue weighted by Crippen LogP contribution is 2.21. The van der Waals surface area contributed by atoms with Gasteiger partial charge in [-0.25, -0.2) is 0 Å². The van der Waals surface area contributed by atoms with Crippen LogP contribution in [0.15, 0.2) is 10.8 Å². The van der Waals surface area contributed by atoms with E-state index in [2.05, 4.69) is 0 Å². The molecule has 5 heteroatoms. The number of amides is 1. The molecule has 0 unspecified atom stereocenters. The number of thiocarbonyl (C=S) groups is 1. The van der Waals surface area contributed by atoms with Gasteiger partial charge in [0.05, 0.1) is 10.6 Å². The van der Waals surface area contributed by atoms with Crippen molar-refractivity contribution < 1.29 is 4.79 Å². The lowest BCUT2D eigenvalue weighted by Gasteiger charge is -2.31. The van der Waals surface area contributed by atoms with Gasteiger partial charge in [-0.2, -0.15) is 11.3 Å². The van der Waals surface area contributed by atoms with Gasteiger partial charge in [0.15, 0.2) is 0 Å². The van der Waals surface area contributed by atoms with Gasteiger partial charge >= 0.3 is 0 Å². The molecule has 1 amide bonds. The van der Waals surface area contributed by atoms with Gasteiger partial charge in [0, 0.05) is 24.4 Å². The standard InChI is InChI=1S/C12H16N2OS2/c1-8-6-17-7-10(8)12(15)14-4-2-9(3-5-14)11(13)16/h6-7,9H,2-5H2,1H3,(H2,13,16). The van der Waals surface area contributed by atoms with Crippen molar-refractivity contribution >= 4 is 34.5 Å². The van der Waals surface area contributed by atoms with Crippen LogP contribution in [0.5, 0.6) is 0 Å². The van der Waals surface area contributed by atoms with Crippen LogP contribution < -0.4 is 5.73 Å². The Hall–Kier alpha value is -0.940. The summed E-state index contributed by atoms with van der Waals surface area (Å²) in [6.07, 6.45) is 1.79. The molecule has 2 rings (SSSR count). The second-order valence-corrected chi connectivity index (χ2v) is 5.65. The molecule has 1 fully saturated rings. The van der Waals surface area contributed by atoms with Crippen LogP contribution >= 0.6 is 23.6 Å². The van der Waals surface area contributed by atoms with Crippen molar-refractivity contribution in [3.8, 4) is 0 Å². The molecule has 0 bridgehead atoms. The summed E-state index contributed by atoms with van der Waals surface area (Å²) in [6.45, 7) is 3.50. The van der Waals surface area contributed by atoms with E-state index in [1.165, 1.54) is 0 Å². The van der Waals surface area contributed by atoms with Gasteiger partial charge in [0.2, 0.25) is 0 Å². The van der Waals surface area contributed by atoms with E-state index in [-0.39, 0.29) is 5.91 Å². The van der Waals surface area contributed by atoms with Gasteiger partial charge in [-0.3, -0.25) is 4.79 Å². The topological polar surface area (TPSA) is 46.3 Å². The highest BCUT2D eigenvalue weighted by atomic mass is 32.1. The normalized spacial score (nSPS) is 17.1. The van der Waals surface area contributed by atoms with Crippen LogP contribution in [0.1, 0.15) is 28.8 Å². The van der Waals surface area contributed by atoms with Gasteiger partial charge in [0.25, 0.3) is 5.91 Å². The summed E-state index contributed by atoms with van der Waals surface area (Å²) in [4.78, 5) is 14.7. The van der Waals surface area contributed by atoms with Crippen molar-refractivity contribution in [3.63, 3.8) is 0 Å². The molecule has 1 aromatic rings. The third-order valence-electron chi connectivity index (χ3n) is 3.27. The summed E-state index contributed by atoms with van der Waals surface area (Å²) >= 11 is 6.57. The molecule has 1 aliphatic heterocycles. The van der Waals surface area contributed by atoms with Crippen LogP contribution in [-0.4, -0.2) is 28.9 Å². The average molecular weight is 268 g/mol. The number of hydrogen-bond donors (Lipinski definition) is 1. The molecule has 2 heterocycles. The number of nitrogens with zero attached hydrogens (tertiary/aromatic N) is 1. The van der Waals surface area contributed by atoms with Gasteiger partial charge in [0.1, 0.15) is 0 Å². The Bertz CT molecular complexity index is 433.